The SMILES string of the molecule is C=C1CCN2C(=O)c3cccc(NC(=O)Nc4cnccn4)c3C2C1. The molecule has 0 bridgehead atoms. The molecule has 3 amide bonds. The maximum atomic E-state index is 12.6. The first-order valence-corrected chi connectivity index (χ1v) is 8.08. The number of rotatable bonds is 2. The van der Waals surface area contributed by atoms with Gasteiger partial charge in [0.2, 0.25) is 0 Å². The molecule has 4 rings (SSSR count). The number of piperidine rings is 1. The standard InChI is InChI=1S/C18H17N5O2/c1-11-5-8-23-14(9-11)16-12(17(23)24)3-2-4-13(16)21-18(25)22-15-10-19-6-7-20-15/h2-4,6-7,10,14H,1,5,8-9H2,(H2,20,21,22,25). The highest BCUT2D eigenvalue weighted by molar-refractivity contribution is 6.05. The first-order valence-electron chi connectivity index (χ1n) is 8.08. The summed E-state index contributed by atoms with van der Waals surface area (Å²) in [6, 6.07) is 4.92. The summed E-state index contributed by atoms with van der Waals surface area (Å²) in [5, 5.41) is 5.47. The van der Waals surface area contributed by atoms with Gasteiger partial charge in [-0.1, -0.05) is 18.2 Å². The van der Waals surface area contributed by atoms with Crippen molar-refractivity contribution in [3.8, 4) is 0 Å². The van der Waals surface area contributed by atoms with Crippen molar-refractivity contribution in [3.05, 3.63) is 60.1 Å². The van der Waals surface area contributed by atoms with Crippen LogP contribution in [-0.2, 0) is 0 Å². The molecule has 2 aromatic rings. The number of hydrogen-bond acceptors (Lipinski definition) is 4. The van der Waals surface area contributed by atoms with Gasteiger partial charge in [0.25, 0.3) is 5.91 Å². The summed E-state index contributed by atoms with van der Waals surface area (Å²) < 4.78 is 0. The Morgan fingerprint density at radius 3 is 2.96 bits per heavy atom. The van der Waals surface area contributed by atoms with Crippen molar-refractivity contribution in [2.75, 3.05) is 17.2 Å². The van der Waals surface area contributed by atoms with Crippen LogP contribution in [0.4, 0.5) is 16.3 Å². The van der Waals surface area contributed by atoms with E-state index < -0.39 is 6.03 Å². The van der Waals surface area contributed by atoms with Crippen LogP contribution in [0.5, 0.6) is 0 Å². The Morgan fingerprint density at radius 2 is 2.16 bits per heavy atom. The summed E-state index contributed by atoms with van der Waals surface area (Å²) >= 11 is 0. The molecule has 1 fully saturated rings. The molecule has 25 heavy (non-hydrogen) atoms. The lowest BCUT2D eigenvalue weighted by atomic mass is 9.93. The number of benzene rings is 1. The van der Waals surface area contributed by atoms with Crippen molar-refractivity contribution in [1.82, 2.24) is 14.9 Å². The molecule has 1 unspecified atom stereocenters. The van der Waals surface area contributed by atoms with E-state index in [2.05, 4.69) is 27.2 Å². The van der Waals surface area contributed by atoms with E-state index in [-0.39, 0.29) is 11.9 Å². The third-order valence-corrected chi connectivity index (χ3v) is 4.55. The summed E-state index contributed by atoms with van der Waals surface area (Å²) in [6.45, 7) is 4.74. The summed E-state index contributed by atoms with van der Waals surface area (Å²) in [4.78, 5) is 34.7. The Hall–Kier alpha value is -3.22. The van der Waals surface area contributed by atoms with Gasteiger partial charge in [-0.3, -0.25) is 15.1 Å². The third kappa shape index (κ3) is 2.73. The Bertz CT molecular complexity index is 865. The molecular weight excluding hydrogens is 318 g/mol. The highest BCUT2D eigenvalue weighted by Gasteiger charge is 2.40. The molecule has 0 saturated carbocycles. The fourth-order valence-corrected chi connectivity index (χ4v) is 3.43. The fraction of sp³-hybridized carbons (Fsp3) is 0.222. The van der Waals surface area contributed by atoms with Gasteiger partial charge in [0.1, 0.15) is 0 Å². The number of hydrogen-bond donors (Lipinski definition) is 2. The molecule has 0 aliphatic carbocycles. The second-order valence-electron chi connectivity index (χ2n) is 6.16. The lowest BCUT2D eigenvalue weighted by Crippen LogP contribution is -2.33. The first-order chi connectivity index (χ1) is 12.1. The van der Waals surface area contributed by atoms with E-state index in [4.69, 9.17) is 0 Å². The van der Waals surface area contributed by atoms with E-state index in [9.17, 15) is 9.59 Å². The molecule has 0 spiro atoms. The molecule has 2 N–H and O–H groups in total. The summed E-state index contributed by atoms with van der Waals surface area (Å²) in [7, 11) is 0. The fourth-order valence-electron chi connectivity index (χ4n) is 3.43. The molecule has 2 aliphatic heterocycles. The van der Waals surface area contributed by atoms with Crippen LogP contribution in [0.2, 0.25) is 0 Å². The van der Waals surface area contributed by atoms with Crippen LogP contribution in [0, 0.1) is 0 Å². The lowest BCUT2D eigenvalue weighted by molar-refractivity contribution is 0.0703. The average Bonchev–Trinajstić information content (AvgIpc) is 2.89. The van der Waals surface area contributed by atoms with Gasteiger partial charge in [-0.25, -0.2) is 9.78 Å². The van der Waals surface area contributed by atoms with Crippen molar-refractivity contribution >= 4 is 23.4 Å². The highest BCUT2D eigenvalue weighted by Crippen LogP contribution is 2.44. The van der Waals surface area contributed by atoms with Crippen molar-refractivity contribution in [3.63, 3.8) is 0 Å². The van der Waals surface area contributed by atoms with Crippen LogP contribution in [-0.4, -0.2) is 33.4 Å². The van der Waals surface area contributed by atoms with Crippen LogP contribution >= 0.6 is 0 Å². The molecule has 1 aromatic carbocycles. The van der Waals surface area contributed by atoms with Crippen molar-refractivity contribution in [2.24, 2.45) is 0 Å². The molecule has 1 aromatic heterocycles. The number of urea groups is 1. The van der Waals surface area contributed by atoms with Gasteiger partial charge in [0.15, 0.2) is 5.82 Å². The highest BCUT2D eigenvalue weighted by atomic mass is 16.2. The van der Waals surface area contributed by atoms with Crippen molar-refractivity contribution in [2.45, 2.75) is 18.9 Å². The number of amides is 3. The van der Waals surface area contributed by atoms with E-state index >= 15 is 0 Å². The van der Waals surface area contributed by atoms with Crippen LogP contribution in [0.3, 0.4) is 0 Å². The molecule has 3 heterocycles. The molecule has 1 atom stereocenters. The van der Waals surface area contributed by atoms with E-state index in [1.54, 1.807) is 6.07 Å². The molecule has 7 heteroatoms. The van der Waals surface area contributed by atoms with E-state index in [0.717, 1.165) is 24.0 Å². The van der Waals surface area contributed by atoms with E-state index in [0.29, 0.717) is 23.6 Å². The van der Waals surface area contributed by atoms with E-state index in [1.807, 2.05) is 17.0 Å². The smallest absolute Gasteiger partial charge is 0.324 e. The van der Waals surface area contributed by atoms with Crippen LogP contribution in [0.25, 0.3) is 0 Å². The maximum Gasteiger partial charge on any atom is 0.324 e. The molecule has 1 saturated heterocycles. The minimum absolute atomic E-state index is 0.0190. The van der Waals surface area contributed by atoms with Crippen molar-refractivity contribution in [1.29, 1.82) is 0 Å². The monoisotopic (exact) mass is 335 g/mol. The Kier molecular flexibility index (Phi) is 3.68. The van der Waals surface area contributed by atoms with Gasteiger partial charge in [-0.15, -0.1) is 0 Å². The largest absolute Gasteiger partial charge is 0.331 e. The Morgan fingerprint density at radius 1 is 1.28 bits per heavy atom. The maximum absolute atomic E-state index is 12.6. The third-order valence-electron chi connectivity index (χ3n) is 4.55. The number of nitrogens with zero attached hydrogens (tertiary/aromatic N) is 3. The zero-order valence-corrected chi connectivity index (χ0v) is 13.5. The molecule has 126 valence electrons. The van der Waals surface area contributed by atoms with Gasteiger partial charge < -0.3 is 10.2 Å². The van der Waals surface area contributed by atoms with E-state index in [1.165, 1.54) is 18.6 Å². The van der Waals surface area contributed by atoms with Crippen LogP contribution in [0.15, 0.2) is 48.9 Å². The van der Waals surface area contributed by atoms with Crippen LogP contribution < -0.4 is 10.6 Å². The number of nitrogens with one attached hydrogen (secondary N) is 2. The molecule has 2 aliphatic rings. The number of carbonyl (C=O) groups excluding carboxylic acids is 2. The quantitative estimate of drug-likeness (QED) is 0.826. The Labute approximate surface area is 144 Å². The summed E-state index contributed by atoms with van der Waals surface area (Å²) in [5.74, 6) is 0.377. The summed E-state index contributed by atoms with van der Waals surface area (Å²) in [5.41, 5.74) is 3.27. The number of fused-ring (bicyclic) bond motifs is 3. The minimum Gasteiger partial charge on any atom is -0.331 e. The van der Waals surface area contributed by atoms with Gasteiger partial charge in [0, 0.05) is 35.8 Å². The van der Waals surface area contributed by atoms with Crippen molar-refractivity contribution < 1.29 is 9.59 Å². The normalized spacial score (nSPS) is 18.6. The predicted octanol–water partition coefficient (Wildman–Crippen LogP) is 2.97. The topological polar surface area (TPSA) is 87.2 Å². The van der Waals surface area contributed by atoms with Gasteiger partial charge in [0.05, 0.1) is 12.2 Å². The number of aromatic nitrogens is 2. The predicted molar refractivity (Wildman–Crippen MR) is 93.3 cm³/mol. The first kappa shape index (κ1) is 15.3. The summed E-state index contributed by atoms with van der Waals surface area (Å²) in [6.07, 6.45) is 6.05. The number of carbonyl (C=O) groups is 2. The molecule has 7 nitrogen and oxygen atoms in total. The van der Waals surface area contributed by atoms with Gasteiger partial charge in [-0.2, -0.15) is 0 Å². The second kappa shape index (κ2) is 6.01. The zero-order valence-electron chi connectivity index (χ0n) is 13.5. The van der Waals surface area contributed by atoms with Gasteiger partial charge in [-0.05, 0) is 25.0 Å². The second-order valence-corrected chi connectivity index (χ2v) is 6.16. The lowest BCUT2D eigenvalue weighted by Gasteiger charge is -2.31. The molecule has 0 radical (unpaired) electrons. The Balaban J connectivity index is 1.61. The zero-order chi connectivity index (χ0) is 17.4. The van der Waals surface area contributed by atoms with Crippen LogP contribution in [0.1, 0.15) is 34.8 Å². The average molecular weight is 335 g/mol. The van der Waals surface area contributed by atoms with Gasteiger partial charge >= 0.3 is 6.03 Å². The minimum atomic E-state index is -0.422. The molecular formula is C18H17N5O2. The number of anilines is 2.